The third-order valence-corrected chi connectivity index (χ3v) is 3.76. The van der Waals surface area contributed by atoms with Gasteiger partial charge < -0.3 is 11.5 Å². The Morgan fingerprint density at radius 2 is 1.80 bits per heavy atom. The van der Waals surface area contributed by atoms with E-state index in [-0.39, 0.29) is 17.1 Å². The summed E-state index contributed by atoms with van der Waals surface area (Å²) < 4.78 is 14.3. The molecule has 3 aromatic rings. The first kappa shape index (κ1) is 16.1. The van der Waals surface area contributed by atoms with E-state index in [0.29, 0.717) is 16.5 Å². The first-order valence-corrected chi connectivity index (χ1v) is 7.37. The van der Waals surface area contributed by atoms with Crippen molar-refractivity contribution in [3.8, 4) is 17.2 Å². The molecule has 4 N–H and O–H groups in total. The number of rotatable bonds is 2. The highest BCUT2D eigenvalue weighted by Crippen LogP contribution is 2.34. The van der Waals surface area contributed by atoms with Crippen molar-refractivity contribution < 1.29 is 9.18 Å². The zero-order valence-corrected chi connectivity index (χ0v) is 13.0. The number of carbonyl (C=O) groups excluding carboxylic acids is 1. The molecule has 3 rings (SSSR count). The van der Waals surface area contributed by atoms with Crippen molar-refractivity contribution in [2.75, 3.05) is 0 Å². The number of halogens is 1. The van der Waals surface area contributed by atoms with E-state index < -0.39 is 11.7 Å². The van der Waals surface area contributed by atoms with Gasteiger partial charge in [0.1, 0.15) is 5.82 Å². The standard InChI is InChI=1S/C19H13FN4O/c20-16-4-2-1-3-14(16)17-13(10-21)8-6-11-5-7-12(9-15(11)17)18(25)24-19(22)23/h1-9H,(H4,22,23,24,25). The molecule has 0 aliphatic carbocycles. The maximum absolute atomic E-state index is 14.3. The summed E-state index contributed by atoms with van der Waals surface area (Å²) in [5, 5.41) is 10.8. The van der Waals surface area contributed by atoms with Gasteiger partial charge in [0.05, 0.1) is 11.6 Å². The SMILES string of the molecule is N#Cc1ccc2ccc(C(=O)N=C(N)N)cc2c1-c1ccccc1F. The summed E-state index contributed by atoms with van der Waals surface area (Å²) in [6.07, 6.45) is 0. The fourth-order valence-electron chi connectivity index (χ4n) is 2.68. The van der Waals surface area contributed by atoms with Crippen LogP contribution < -0.4 is 11.5 Å². The van der Waals surface area contributed by atoms with E-state index in [2.05, 4.69) is 11.1 Å². The van der Waals surface area contributed by atoms with Gasteiger partial charge in [-0.25, -0.2) is 4.39 Å². The first-order valence-electron chi connectivity index (χ1n) is 7.37. The number of aliphatic imine (C=N–C) groups is 1. The molecule has 0 aliphatic rings. The maximum Gasteiger partial charge on any atom is 0.280 e. The number of carbonyl (C=O) groups is 1. The van der Waals surface area contributed by atoms with Crippen LogP contribution in [0.4, 0.5) is 4.39 Å². The molecule has 6 heteroatoms. The predicted molar refractivity (Wildman–Crippen MR) is 94.2 cm³/mol. The smallest absolute Gasteiger partial charge is 0.280 e. The molecule has 0 atom stereocenters. The van der Waals surface area contributed by atoms with Crippen LogP contribution in [0.2, 0.25) is 0 Å². The van der Waals surface area contributed by atoms with Crippen molar-refractivity contribution in [1.82, 2.24) is 0 Å². The van der Waals surface area contributed by atoms with Crippen molar-refractivity contribution in [1.29, 1.82) is 5.26 Å². The summed E-state index contributed by atoms with van der Waals surface area (Å²) in [7, 11) is 0. The minimum atomic E-state index is -0.608. The van der Waals surface area contributed by atoms with Crippen LogP contribution in [-0.2, 0) is 0 Å². The van der Waals surface area contributed by atoms with Gasteiger partial charge in [-0.2, -0.15) is 10.3 Å². The van der Waals surface area contributed by atoms with Crippen LogP contribution in [0.3, 0.4) is 0 Å². The molecular weight excluding hydrogens is 319 g/mol. The van der Waals surface area contributed by atoms with E-state index >= 15 is 0 Å². The molecule has 25 heavy (non-hydrogen) atoms. The maximum atomic E-state index is 14.3. The Morgan fingerprint density at radius 1 is 1.08 bits per heavy atom. The third kappa shape index (κ3) is 3.03. The van der Waals surface area contributed by atoms with Gasteiger partial charge in [0.15, 0.2) is 5.96 Å². The number of nitriles is 1. The van der Waals surface area contributed by atoms with E-state index in [1.807, 2.05) is 0 Å². The molecular formula is C19H13FN4O. The molecule has 5 nitrogen and oxygen atoms in total. The summed E-state index contributed by atoms with van der Waals surface area (Å²) in [5.74, 6) is -1.40. The van der Waals surface area contributed by atoms with Gasteiger partial charge in [0.25, 0.3) is 5.91 Å². The number of hydrogen-bond acceptors (Lipinski definition) is 2. The predicted octanol–water partition coefficient (Wildman–Crippen LogP) is 2.93. The van der Waals surface area contributed by atoms with Crippen molar-refractivity contribution in [2.45, 2.75) is 0 Å². The number of hydrogen-bond donors (Lipinski definition) is 2. The molecule has 0 radical (unpaired) electrons. The Balaban J connectivity index is 2.34. The Hall–Kier alpha value is -3.72. The number of nitrogens with zero attached hydrogens (tertiary/aromatic N) is 2. The van der Waals surface area contributed by atoms with E-state index in [1.165, 1.54) is 6.07 Å². The number of benzene rings is 3. The summed E-state index contributed by atoms with van der Waals surface area (Å²) in [6, 6.07) is 16.5. The average molecular weight is 332 g/mol. The molecule has 0 aliphatic heterocycles. The molecule has 3 aromatic carbocycles. The second kappa shape index (κ2) is 6.42. The van der Waals surface area contributed by atoms with E-state index in [0.717, 1.165) is 5.39 Å². The van der Waals surface area contributed by atoms with Crippen molar-refractivity contribution in [2.24, 2.45) is 16.5 Å². The van der Waals surface area contributed by atoms with E-state index in [9.17, 15) is 14.4 Å². The molecule has 122 valence electrons. The average Bonchev–Trinajstić information content (AvgIpc) is 2.60. The largest absolute Gasteiger partial charge is 0.370 e. The fourth-order valence-corrected chi connectivity index (χ4v) is 2.68. The Kier molecular flexibility index (Phi) is 4.14. The van der Waals surface area contributed by atoms with Crippen LogP contribution in [0.25, 0.3) is 21.9 Å². The van der Waals surface area contributed by atoms with Gasteiger partial charge in [0.2, 0.25) is 0 Å². The van der Waals surface area contributed by atoms with Crippen LogP contribution in [0.15, 0.2) is 59.6 Å². The topological polar surface area (TPSA) is 105 Å². The van der Waals surface area contributed by atoms with Gasteiger partial charge in [-0.15, -0.1) is 0 Å². The molecule has 0 spiro atoms. The molecule has 0 aromatic heterocycles. The van der Waals surface area contributed by atoms with Crippen LogP contribution in [0.1, 0.15) is 15.9 Å². The van der Waals surface area contributed by atoms with Gasteiger partial charge >= 0.3 is 0 Å². The summed E-state index contributed by atoms with van der Waals surface area (Å²) in [4.78, 5) is 15.6. The number of guanidine groups is 1. The Bertz CT molecular complexity index is 1060. The molecule has 0 fully saturated rings. The van der Waals surface area contributed by atoms with Crippen LogP contribution >= 0.6 is 0 Å². The fraction of sp³-hybridized carbons (Fsp3) is 0. The first-order chi connectivity index (χ1) is 12.0. The summed E-state index contributed by atoms with van der Waals surface area (Å²) >= 11 is 0. The highest BCUT2D eigenvalue weighted by atomic mass is 19.1. The zero-order chi connectivity index (χ0) is 18.0. The minimum absolute atomic E-state index is 0.244. The van der Waals surface area contributed by atoms with Gasteiger partial charge in [-0.1, -0.05) is 30.3 Å². The van der Waals surface area contributed by atoms with E-state index in [1.54, 1.807) is 48.5 Å². The molecule has 0 saturated carbocycles. The number of fused-ring (bicyclic) bond motifs is 1. The quantitative estimate of drug-likeness (QED) is 0.556. The van der Waals surface area contributed by atoms with Crippen molar-refractivity contribution in [3.05, 3.63) is 71.5 Å². The number of amides is 1. The second-order valence-corrected chi connectivity index (χ2v) is 5.36. The second-order valence-electron chi connectivity index (χ2n) is 5.36. The summed E-state index contributed by atoms with van der Waals surface area (Å²) in [6.45, 7) is 0. The lowest BCUT2D eigenvalue weighted by Gasteiger charge is -2.11. The van der Waals surface area contributed by atoms with Gasteiger partial charge in [-0.05, 0) is 35.0 Å². The van der Waals surface area contributed by atoms with Gasteiger partial charge in [0, 0.05) is 16.7 Å². The lowest BCUT2D eigenvalue weighted by atomic mass is 9.92. The molecule has 0 bridgehead atoms. The minimum Gasteiger partial charge on any atom is -0.370 e. The van der Waals surface area contributed by atoms with E-state index in [4.69, 9.17) is 11.5 Å². The van der Waals surface area contributed by atoms with Crippen molar-refractivity contribution in [3.63, 3.8) is 0 Å². The normalized spacial score (nSPS) is 10.2. The van der Waals surface area contributed by atoms with Crippen LogP contribution in [0, 0.1) is 17.1 Å². The van der Waals surface area contributed by atoms with Crippen LogP contribution in [-0.4, -0.2) is 11.9 Å². The molecule has 1 amide bonds. The molecule has 0 unspecified atom stereocenters. The highest BCUT2D eigenvalue weighted by Gasteiger charge is 2.15. The summed E-state index contributed by atoms with van der Waals surface area (Å²) in [5.41, 5.74) is 11.8. The lowest BCUT2D eigenvalue weighted by molar-refractivity contribution is 0.100. The zero-order valence-electron chi connectivity index (χ0n) is 13.0. The Labute approximate surface area is 143 Å². The lowest BCUT2D eigenvalue weighted by Crippen LogP contribution is -2.24. The third-order valence-electron chi connectivity index (χ3n) is 3.76. The van der Waals surface area contributed by atoms with Crippen LogP contribution in [0.5, 0.6) is 0 Å². The Morgan fingerprint density at radius 3 is 2.48 bits per heavy atom. The number of nitrogens with two attached hydrogens (primary N) is 2. The highest BCUT2D eigenvalue weighted by molar-refractivity contribution is 6.07. The van der Waals surface area contributed by atoms with Gasteiger partial charge in [-0.3, -0.25) is 4.79 Å². The van der Waals surface area contributed by atoms with Crippen molar-refractivity contribution >= 4 is 22.6 Å². The molecule has 0 saturated heterocycles. The molecule has 0 heterocycles. The monoisotopic (exact) mass is 332 g/mol.